The first kappa shape index (κ1) is 16.8. The van der Waals surface area contributed by atoms with Gasteiger partial charge in [-0.2, -0.15) is 0 Å². The van der Waals surface area contributed by atoms with Gasteiger partial charge in [0.2, 0.25) is 0 Å². The van der Waals surface area contributed by atoms with E-state index in [1.54, 1.807) is 22.7 Å². The molecule has 0 saturated carbocycles. The molecule has 0 amide bonds. The van der Waals surface area contributed by atoms with Gasteiger partial charge in [0, 0.05) is 25.8 Å². The molecule has 1 fully saturated rings. The van der Waals surface area contributed by atoms with E-state index in [0.29, 0.717) is 17.9 Å². The molecular formula is C19H21FN4O2. The number of fused-ring (bicyclic) bond motifs is 1. The Morgan fingerprint density at radius 3 is 2.58 bits per heavy atom. The van der Waals surface area contributed by atoms with Crippen LogP contribution in [0.15, 0.2) is 53.5 Å². The topological polar surface area (TPSA) is 51.8 Å². The zero-order chi connectivity index (χ0) is 17.9. The third-order valence-electron chi connectivity index (χ3n) is 4.77. The molecule has 136 valence electrons. The Morgan fingerprint density at radius 2 is 1.85 bits per heavy atom. The lowest BCUT2D eigenvalue weighted by Gasteiger charge is -2.31. The van der Waals surface area contributed by atoms with Gasteiger partial charge in [0.05, 0.1) is 6.54 Å². The minimum Gasteiger partial charge on any atom is -0.490 e. The summed E-state index contributed by atoms with van der Waals surface area (Å²) < 4.78 is 21.9. The van der Waals surface area contributed by atoms with Gasteiger partial charge >= 0.3 is 5.69 Å². The van der Waals surface area contributed by atoms with E-state index in [1.165, 1.54) is 16.8 Å². The minimum atomic E-state index is -0.255. The number of hydrogen-bond donors (Lipinski definition) is 0. The summed E-state index contributed by atoms with van der Waals surface area (Å²) in [4.78, 5) is 14.6. The molecule has 1 aliphatic rings. The van der Waals surface area contributed by atoms with Crippen LogP contribution in [0.1, 0.15) is 12.8 Å². The molecule has 3 heterocycles. The number of hydrogen-bond acceptors (Lipinski definition) is 4. The molecule has 1 aliphatic heterocycles. The summed E-state index contributed by atoms with van der Waals surface area (Å²) in [6.07, 6.45) is 3.71. The van der Waals surface area contributed by atoms with Crippen molar-refractivity contribution in [1.29, 1.82) is 0 Å². The van der Waals surface area contributed by atoms with Crippen molar-refractivity contribution in [2.24, 2.45) is 0 Å². The van der Waals surface area contributed by atoms with Gasteiger partial charge in [-0.25, -0.2) is 13.9 Å². The van der Waals surface area contributed by atoms with Crippen LogP contribution in [0.25, 0.3) is 5.65 Å². The van der Waals surface area contributed by atoms with E-state index in [9.17, 15) is 9.18 Å². The lowest BCUT2D eigenvalue weighted by Crippen LogP contribution is -2.40. The van der Waals surface area contributed by atoms with Gasteiger partial charge in [-0.05, 0) is 49.2 Å². The van der Waals surface area contributed by atoms with Crippen molar-refractivity contribution in [3.8, 4) is 5.75 Å². The average molecular weight is 356 g/mol. The third-order valence-corrected chi connectivity index (χ3v) is 4.77. The second-order valence-corrected chi connectivity index (χ2v) is 6.55. The van der Waals surface area contributed by atoms with Crippen molar-refractivity contribution in [3.63, 3.8) is 0 Å². The van der Waals surface area contributed by atoms with Crippen LogP contribution in [-0.4, -0.2) is 44.8 Å². The van der Waals surface area contributed by atoms with Crippen LogP contribution in [0.5, 0.6) is 5.75 Å². The first-order valence-electron chi connectivity index (χ1n) is 8.88. The van der Waals surface area contributed by atoms with Crippen LogP contribution in [-0.2, 0) is 6.54 Å². The van der Waals surface area contributed by atoms with Crippen molar-refractivity contribution in [2.45, 2.75) is 25.5 Å². The van der Waals surface area contributed by atoms with E-state index in [0.717, 1.165) is 32.5 Å². The summed E-state index contributed by atoms with van der Waals surface area (Å²) in [5.74, 6) is 0.454. The van der Waals surface area contributed by atoms with Gasteiger partial charge < -0.3 is 9.64 Å². The van der Waals surface area contributed by atoms with Gasteiger partial charge in [0.1, 0.15) is 17.7 Å². The molecule has 7 heteroatoms. The largest absolute Gasteiger partial charge is 0.490 e. The molecule has 0 atom stereocenters. The van der Waals surface area contributed by atoms with E-state index >= 15 is 0 Å². The SMILES string of the molecule is O=c1n(CCN2CCC(Oc3ccc(F)cc3)CC2)nc2ccccn12. The van der Waals surface area contributed by atoms with Crippen LogP contribution in [0.2, 0.25) is 0 Å². The lowest BCUT2D eigenvalue weighted by molar-refractivity contribution is 0.0977. The smallest absolute Gasteiger partial charge is 0.350 e. The Kier molecular flexibility index (Phi) is 4.71. The van der Waals surface area contributed by atoms with Gasteiger partial charge in [0.15, 0.2) is 5.65 Å². The number of benzene rings is 1. The highest BCUT2D eigenvalue weighted by atomic mass is 19.1. The maximum absolute atomic E-state index is 12.9. The zero-order valence-electron chi connectivity index (χ0n) is 14.4. The normalized spacial score (nSPS) is 16.2. The molecular weight excluding hydrogens is 335 g/mol. The molecule has 2 aromatic heterocycles. The highest BCUT2D eigenvalue weighted by Crippen LogP contribution is 2.19. The molecule has 0 unspecified atom stereocenters. The summed E-state index contributed by atoms with van der Waals surface area (Å²) >= 11 is 0. The Hall–Kier alpha value is -2.67. The maximum atomic E-state index is 12.9. The van der Waals surface area contributed by atoms with Gasteiger partial charge in [-0.1, -0.05) is 6.07 Å². The molecule has 0 bridgehead atoms. The quantitative estimate of drug-likeness (QED) is 0.703. The second kappa shape index (κ2) is 7.29. The molecule has 0 spiro atoms. The Labute approximate surface area is 150 Å². The van der Waals surface area contributed by atoms with Gasteiger partial charge in [0.25, 0.3) is 0 Å². The highest BCUT2D eigenvalue weighted by molar-refractivity contribution is 5.35. The number of likely N-dealkylation sites (tertiary alicyclic amines) is 1. The Bertz CT molecular complexity index is 927. The number of nitrogens with zero attached hydrogens (tertiary/aromatic N) is 4. The molecule has 1 aromatic carbocycles. The van der Waals surface area contributed by atoms with Gasteiger partial charge in [-0.3, -0.25) is 4.40 Å². The van der Waals surface area contributed by atoms with Crippen LogP contribution in [0, 0.1) is 5.82 Å². The van der Waals surface area contributed by atoms with Crippen LogP contribution >= 0.6 is 0 Å². The molecule has 26 heavy (non-hydrogen) atoms. The molecule has 3 aromatic rings. The van der Waals surface area contributed by atoms with Crippen LogP contribution in [0.3, 0.4) is 0 Å². The Morgan fingerprint density at radius 1 is 1.08 bits per heavy atom. The maximum Gasteiger partial charge on any atom is 0.350 e. The van der Waals surface area contributed by atoms with E-state index < -0.39 is 0 Å². The van der Waals surface area contributed by atoms with Crippen molar-refractivity contribution in [2.75, 3.05) is 19.6 Å². The Balaban J connectivity index is 1.29. The number of pyridine rings is 1. The minimum absolute atomic E-state index is 0.102. The standard InChI is InChI=1S/C19H21FN4O2/c20-15-4-6-16(7-5-15)26-17-8-11-22(12-9-17)13-14-24-19(25)23-10-2-1-3-18(23)21-24/h1-7,10,17H,8-9,11-14H2. The molecule has 1 saturated heterocycles. The fourth-order valence-electron chi connectivity index (χ4n) is 3.31. The predicted octanol–water partition coefficient (Wildman–Crippen LogP) is 2.18. The summed E-state index contributed by atoms with van der Waals surface area (Å²) in [5.41, 5.74) is 0.569. The van der Waals surface area contributed by atoms with Crippen molar-refractivity contribution in [1.82, 2.24) is 19.1 Å². The summed E-state index contributed by atoms with van der Waals surface area (Å²) in [5, 5.41) is 4.36. The second-order valence-electron chi connectivity index (χ2n) is 6.55. The number of rotatable bonds is 5. The number of aromatic nitrogens is 3. The number of ether oxygens (including phenoxy) is 1. The van der Waals surface area contributed by atoms with E-state index in [2.05, 4.69) is 10.00 Å². The summed E-state index contributed by atoms with van der Waals surface area (Å²) in [7, 11) is 0. The monoisotopic (exact) mass is 356 g/mol. The van der Waals surface area contributed by atoms with E-state index in [1.807, 2.05) is 18.2 Å². The number of piperidine rings is 1. The van der Waals surface area contributed by atoms with E-state index in [-0.39, 0.29) is 17.6 Å². The molecule has 0 aliphatic carbocycles. The third kappa shape index (κ3) is 3.62. The molecule has 0 N–H and O–H groups in total. The zero-order valence-corrected chi connectivity index (χ0v) is 14.4. The fraction of sp³-hybridized carbons (Fsp3) is 0.368. The highest BCUT2D eigenvalue weighted by Gasteiger charge is 2.20. The van der Waals surface area contributed by atoms with Crippen molar-refractivity contribution < 1.29 is 9.13 Å². The average Bonchev–Trinajstić information content (AvgIpc) is 2.99. The van der Waals surface area contributed by atoms with E-state index in [4.69, 9.17) is 4.74 Å². The molecule has 0 radical (unpaired) electrons. The predicted molar refractivity (Wildman–Crippen MR) is 95.9 cm³/mol. The fourth-order valence-corrected chi connectivity index (χ4v) is 3.31. The number of halogens is 1. The van der Waals surface area contributed by atoms with Gasteiger partial charge in [-0.15, -0.1) is 5.10 Å². The van der Waals surface area contributed by atoms with Crippen molar-refractivity contribution >= 4 is 5.65 Å². The van der Waals surface area contributed by atoms with Crippen LogP contribution in [0.4, 0.5) is 4.39 Å². The first-order chi connectivity index (χ1) is 12.7. The lowest BCUT2D eigenvalue weighted by atomic mass is 10.1. The van der Waals surface area contributed by atoms with Crippen molar-refractivity contribution in [3.05, 3.63) is 65.0 Å². The molecule has 6 nitrogen and oxygen atoms in total. The summed E-state index contributed by atoms with van der Waals surface area (Å²) in [6.45, 7) is 3.18. The first-order valence-corrected chi connectivity index (χ1v) is 8.88. The summed E-state index contributed by atoms with van der Waals surface area (Å²) in [6, 6.07) is 11.7. The van der Waals surface area contributed by atoms with Crippen LogP contribution < -0.4 is 10.4 Å². The molecule has 4 rings (SSSR count).